The van der Waals surface area contributed by atoms with Crippen molar-refractivity contribution in [1.29, 1.82) is 0 Å². The highest BCUT2D eigenvalue weighted by molar-refractivity contribution is 6.01. The maximum Gasteiger partial charge on any atom is 0.321 e. The molecule has 2 saturated carbocycles. The molecule has 136 valence electrons. The van der Waals surface area contributed by atoms with E-state index in [2.05, 4.69) is 13.8 Å². The molecule has 0 amide bonds. The Bertz CT molecular complexity index is 705. The van der Waals surface area contributed by atoms with Crippen LogP contribution in [0.5, 0.6) is 0 Å². The minimum absolute atomic E-state index is 0.0544. The Morgan fingerprint density at radius 2 is 1.68 bits per heavy atom. The van der Waals surface area contributed by atoms with Crippen molar-refractivity contribution in [3.63, 3.8) is 0 Å². The number of carbonyl (C=O) groups excluding carboxylic acids is 4. The summed E-state index contributed by atoms with van der Waals surface area (Å²) in [4.78, 5) is 48.1. The van der Waals surface area contributed by atoms with Crippen LogP contribution in [0.3, 0.4) is 0 Å². The minimum atomic E-state index is -0.740. The summed E-state index contributed by atoms with van der Waals surface area (Å²) in [6, 6.07) is 0. The molecule has 4 aliphatic rings. The first-order chi connectivity index (χ1) is 11.5. The molecule has 6 nitrogen and oxygen atoms in total. The smallest absolute Gasteiger partial charge is 0.321 e. The number of hydrogen-bond donors (Lipinski definition) is 0. The SMILES string of the molecule is CC(C)(CC(C)(C)C12CCC1C(=O)OC2=O)C1CC2C(=O)OC(=O)C21. The second-order valence-electron chi connectivity index (χ2n) is 9.54. The number of esters is 4. The summed E-state index contributed by atoms with van der Waals surface area (Å²) >= 11 is 0. The van der Waals surface area contributed by atoms with Crippen LogP contribution in [0.4, 0.5) is 0 Å². The van der Waals surface area contributed by atoms with Crippen molar-refractivity contribution >= 4 is 23.9 Å². The van der Waals surface area contributed by atoms with Crippen molar-refractivity contribution in [1.82, 2.24) is 0 Å². The lowest BCUT2D eigenvalue weighted by Gasteiger charge is -2.55. The highest BCUT2D eigenvalue weighted by atomic mass is 16.6. The third-order valence-electron chi connectivity index (χ3n) is 7.52. The number of rotatable bonds is 4. The van der Waals surface area contributed by atoms with Gasteiger partial charge in [-0.25, -0.2) is 0 Å². The zero-order valence-corrected chi connectivity index (χ0v) is 15.1. The van der Waals surface area contributed by atoms with E-state index in [-0.39, 0.29) is 29.1 Å². The molecule has 4 fully saturated rings. The van der Waals surface area contributed by atoms with E-state index in [1.165, 1.54) is 0 Å². The third-order valence-corrected chi connectivity index (χ3v) is 7.52. The quantitative estimate of drug-likeness (QED) is 0.572. The first-order valence-electron chi connectivity index (χ1n) is 9.03. The van der Waals surface area contributed by atoms with Gasteiger partial charge >= 0.3 is 23.9 Å². The van der Waals surface area contributed by atoms with Crippen LogP contribution in [0.25, 0.3) is 0 Å². The zero-order valence-electron chi connectivity index (χ0n) is 15.1. The van der Waals surface area contributed by atoms with Gasteiger partial charge in [0, 0.05) is 0 Å². The van der Waals surface area contributed by atoms with E-state index in [1.807, 2.05) is 13.8 Å². The highest BCUT2D eigenvalue weighted by Gasteiger charge is 2.71. The molecule has 0 radical (unpaired) electrons. The molecule has 5 unspecified atom stereocenters. The van der Waals surface area contributed by atoms with Gasteiger partial charge in [0.1, 0.15) is 0 Å². The van der Waals surface area contributed by atoms with E-state index in [9.17, 15) is 19.2 Å². The van der Waals surface area contributed by atoms with Gasteiger partial charge in [0.2, 0.25) is 0 Å². The summed E-state index contributed by atoms with van der Waals surface area (Å²) < 4.78 is 9.74. The van der Waals surface area contributed by atoms with Crippen LogP contribution in [0.2, 0.25) is 0 Å². The maximum absolute atomic E-state index is 12.5. The molecule has 6 heteroatoms. The fraction of sp³-hybridized carbons (Fsp3) is 0.789. The van der Waals surface area contributed by atoms with Gasteiger partial charge in [-0.3, -0.25) is 19.2 Å². The van der Waals surface area contributed by atoms with Crippen molar-refractivity contribution in [3.05, 3.63) is 0 Å². The van der Waals surface area contributed by atoms with E-state index >= 15 is 0 Å². The third kappa shape index (κ3) is 1.91. The Balaban J connectivity index is 1.57. The summed E-state index contributed by atoms with van der Waals surface area (Å²) in [6.45, 7) is 8.21. The molecular weight excluding hydrogens is 324 g/mol. The molecule has 25 heavy (non-hydrogen) atoms. The molecule has 0 N–H and O–H groups in total. The van der Waals surface area contributed by atoms with E-state index < -0.39 is 34.7 Å². The molecular formula is C19H24O6. The van der Waals surface area contributed by atoms with Gasteiger partial charge in [0.25, 0.3) is 0 Å². The fourth-order valence-corrected chi connectivity index (χ4v) is 6.18. The summed E-state index contributed by atoms with van der Waals surface area (Å²) in [7, 11) is 0. The molecule has 0 spiro atoms. The molecule has 2 aliphatic heterocycles. The number of fused-ring (bicyclic) bond motifs is 2. The number of ether oxygens (including phenoxy) is 2. The van der Waals surface area contributed by atoms with E-state index in [0.717, 1.165) is 0 Å². The number of cyclic esters (lactones) is 4. The van der Waals surface area contributed by atoms with Crippen LogP contribution in [-0.4, -0.2) is 23.9 Å². The second-order valence-corrected chi connectivity index (χ2v) is 9.54. The van der Waals surface area contributed by atoms with Gasteiger partial charge < -0.3 is 9.47 Å². The average molecular weight is 348 g/mol. The van der Waals surface area contributed by atoms with E-state index in [1.54, 1.807) is 0 Å². The number of hydrogen-bond acceptors (Lipinski definition) is 6. The summed E-state index contributed by atoms with van der Waals surface area (Å²) in [6.07, 6.45) is 2.69. The Morgan fingerprint density at radius 1 is 1.00 bits per heavy atom. The van der Waals surface area contributed by atoms with Crippen LogP contribution in [-0.2, 0) is 28.7 Å². The first-order valence-corrected chi connectivity index (χ1v) is 9.03. The van der Waals surface area contributed by atoms with Gasteiger partial charge in [-0.15, -0.1) is 0 Å². The minimum Gasteiger partial charge on any atom is -0.393 e. The summed E-state index contributed by atoms with van der Waals surface area (Å²) in [5.41, 5.74) is -1.42. The first kappa shape index (κ1) is 16.7. The van der Waals surface area contributed by atoms with Crippen molar-refractivity contribution in [2.24, 2.45) is 39.9 Å². The molecule has 2 saturated heterocycles. The fourth-order valence-electron chi connectivity index (χ4n) is 6.18. The van der Waals surface area contributed by atoms with Crippen LogP contribution in [0, 0.1) is 39.9 Å². The lowest BCUT2D eigenvalue weighted by Crippen LogP contribution is -2.56. The monoisotopic (exact) mass is 348 g/mol. The predicted octanol–water partition coefficient (Wildman–Crippen LogP) is 2.24. The summed E-state index contributed by atoms with van der Waals surface area (Å²) in [5.74, 6) is -2.53. The van der Waals surface area contributed by atoms with Gasteiger partial charge in [0.15, 0.2) is 0 Å². The Hall–Kier alpha value is -1.72. The molecule has 2 aliphatic carbocycles. The Kier molecular flexibility index (Phi) is 3.15. The predicted molar refractivity (Wildman–Crippen MR) is 84.6 cm³/mol. The highest BCUT2D eigenvalue weighted by Crippen LogP contribution is 2.66. The number of carbonyl (C=O) groups is 4. The van der Waals surface area contributed by atoms with Crippen LogP contribution in [0.1, 0.15) is 53.4 Å². The average Bonchev–Trinajstić information content (AvgIpc) is 2.62. The van der Waals surface area contributed by atoms with Crippen molar-refractivity contribution in [3.8, 4) is 0 Å². The zero-order chi connectivity index (χ0) is 18.4. The topological polar surface area (TPSA) is 86.7 Å². The summed E-state index contributed by atoms with van der Waals surface area (Å²) in [5, 5.41) is 0. The van der Waals surface area contributed by atoms with Gasteiger partial charge in [0.05, 0.1) is 23.2 Å². The molecule has 0 bridgehead atoms. The molecule has 0 aromatic carbocycles. The van der Waals surface area contributed by atoms with E-state index in [4.69, 9.17) is 9.47 Å². The molecule has 4 rings (SSSR count). The lowest BCUT2D eigenvalue weighted by molar-refractivity contribution is -0.165. The molecule has 2 heterocycles. The van der Waals surface area contributed by atoms with Crippen LogP contribution >= 0.6 is 0 Å². The van der Waals surface area contributed by atoms with E-state index in [0.29, 0.717) is 25.7 Å². The normalized spacial score (nSPS) is 40.0. The van der Waals surface area contributed by atoms with Gasteiger partial charge in [-0.1, -0.05) is 27.7 Å². The van der Waals surface area contributed by atoms with Crippen molar-refractivity contribution in [2.75, 3.05) is 0 Å². The van der Waals surface area contributed by atoms with Gasteiger partial charge in [-0.05, 0) is 42.4 Å². The standard InChI is InChI=1S/C19H24O6/c1-17(2,11-7-9-12(11)15(22)24-13(9)20)8-18(3,4)19-6-5-10(19)14(21)25-16(19)23/h9-12H,5-8H2,1-4H3. The maximum atomic E-state index is 12.5. The molecule has 0 aromatic rings. The van der Waals surface area contributed by atoms with Gasteiger partial charge in [-0.2, -0.15) is 0 Å². The molecule has 0 aromatic heterocycles. The lowest BCUT2D eigenvalue weighted by atomic mass is 9.44. The second kappa shape index (κ2) is 4.71. The Labute approximate surface area is 146 Å². The Morgan fingerprint density at radius 3 is 2.20 bits per heavy atom. The van der Waals surface area contributed by atoms with Crippen molar-refractivity contribution in [2.45, 2.75) is 53.4 Å². The van der Waals surface area contributed by atoms with Crippen LogP contribution in [0.15, 0.2) is 0 Å². The molecule has 5 atom stereocenters. The largest absolute Gasteiger partial charge is 0.393 e. The van der Waals surface area contributed by atoms with Crippen LogP contribution < -0.4 is 0 Å². The van der Waals surface area contributed by atoms with Crippen molar-refractivity contribution < 1.29 is 28.7 Å².